The van der Waals surface area contributed by atoms with Crippen LogP contribution in [0.3, 0.4) is 0 Å². The van der Waals surface area contributed by atoms with E-state index < -0.39 is 34.9 Å². The predicted molar refractivity (Wildman–Crippen MR) is 43.6 cm³/mol. The Kier molecular flexibility index (Phi) is 3.10. The number of rotatable bonds is 2. The molecule has 0 aliphatic rings. The van der Waals surface area contributed by atoms with Crippen LogP contribution in [0.25, 0.3) is 0 Å². The molecule has 1 nitrogen and oxygen atoms in total. The third-order valence-corrected chi connectivity index (χ3v) is 1.73. The topological polar surface area (TPSA) is 26.0 Å². The molecule has 14 heavy (non-hydrogen) atoms. The molecule has 1 atom stereocenters. The van der Waals surface area contributed by atoms with Crippen molar-refractivity contribution in [3.63, 3.8) is 0 Å². The molecule has 0 amide bonds. The Labute approximate surface area is 78.5 Å². The fourth-order valence-corrected chi connectivity index (χ4v) is 1.12. The van der Waals surface area contributed by atoms with Gasteiger partial charge >= 0.3 is 0 Å². The van der Waals surface area contributed by atoms with E-state index in [0.29, 0.717) is 0 Å². The maximum Gasteiger partial charge on any atom is 0.165 e. The normalized spacial score (nSPS) is 13.0. The number of hydrogen-bond acceptors (Lipinski definition) is 1. The highest BCUT2D eigenvalue weighted by molar-refractivity contribution is 5.23. The first-order valence-corrected chi connectivity index (χ1v) is 4.01. The maximum absolute atomic E-state index is 13.0. The van der Waals surface area contributed by atoms with E-state index in [1.807, 2.05) is 0 Å². The Balaban J connectivity index is 3.25. The van der Waals surface area contributed by atoms with Crippen molar-refractivity contribution in [2.24, 2.45) is 5.73 Å². The van der Waals surface area contributed by atoms with E-state index in [-0.39, 0.29) is 12.5 Å². The Hall–Kier alpha value is -1.10. The predicted octanol–water partition coefficient (Wildman–Crippen LogP) is 2.13. The van der Waals surface area contributed by atoms with Gasteiger partial charge in [0.25, 0.3) is 0 Å². The quantitative estimate of drug-likeness (QED) is 0.583. The summed E-state index contributed by atoms with van der Waals surface area (Å²) in [5.41, 5.74) is 4.64. The molecule has 0 aromatic heterocycles. The van der Waals surface area contributed by atoms with E-state index in [9.17, 15) is 17.6 Å². The van der Waals surface area contributed by atoms with Crippen LogP contribution in [-0.2, 0) is 6.42 Å². The summed E-state index contributed by atoms with van der Waals surface area (Å²) >= 11 is 0. The molecular weight excluding hydrogens is 198 g/mol. The second-order valence-electron chi connectivity index (χ2n) is 3.13. The second kappa shape index (κ2) is 3.96. The molecule has 1 aromatic rings. The van der Waals surface area contributed by atoms with E-state index in [1.54, 1.807) is 0 Å². The maximum atomic E-state index is 13.0. The highest BCUT2D eigenvalue weighted by Gasteiger charge is 2.19. The third kappa shape index (κ3) is 2.04. The van der Waals surface area contributed by atoms with Crippen molar-refractivity contribution in [1.82, 2.24) is 0 Å². The van der Waals surface area contributed by atoms with Gasteiger partial charge in [0.05, 0.1) is 0 Å². The van der Waals surface area contributed by atoms with E-state index in [4.69, 9.17) is 5.73 Å². The number of halogens is 4. The van der Waals surface area contributed by atoms with E-state index in [1.165, 1.54) is 6.92 Å². The molecule has 2 N–H and O–H groups in total. The lowest BCUT2D eigenvalue weighted by molar-refractivity contribution is 0.435. The van der Waals surface area contributed by atoms with Crippen LogP contribution < -0.4 is 5.73 Å². The van der Waals surface area contributed by atoms with Gasteiger partial charge in [0, 0.05) is 17.7 Å². The Morgan fingerprint density at radius 3 is 1.93 bits per heavy atom. The molecule has 0 saturated heterocycles. The van der Waals surface area contributed by atoms with E-state index >= 15 is 0 Å². The lowest BCUT2D eigenvalue weighted by Gasteiger charge is -2.08. The molecule has 0 radical (unpaired) electrons. The molecule has 0 saturated carbocycles. The van der Waals surface area contributed by atoms with Crippen molar-refractivity contribution >= 4 is 0 Å². The van der Waals surface area contributed by atoms with Crippen molar-refractivity contribution in [1.29, 1.82) is 0 Å². The van der Waals surface area contributed by atoms with Crippen molar-refractivity contribution in [2.45, 2.75) is 19.4 Å². The van der Waals surface area contributed by atoms with Gasteiger partial charge in [-0.2, -0.15) is 0 Å². The van der Waals surface area contributed by atoms with Crippen LogP contribution in [0.4, 0.5) is 17.6 Å². The first kappa shape index (κ1) is 11.0. The zero-order chi connectivity index (χ0) is 10.9. The summed E-state index contributed by atoms with van der Waals surface area (Å²) in [4.78, 5) is 0. The van der Waals surface area contributed by atoms with Crippen LogP contribution in [0.1, 0.15) is 12.5 Å². The summed E-state index contributed by atoms with van der Waals surface area (Å²) in [6.45, 7) is 1.49. The van der Waals surface area contributed by atoms with Crippen LogP contribution in [-0.4, -0.2) is 6.04 Å². The molecule has 78 valence electrons. The molecular formula is C9H9F4N. The van der Waals surface area contributed by atoms with Crippen LogP contribution in [0.2, 0.25) is 0 Å². The van der Waals surface area contributed by atoms with Gasteiger partial charge in [0.15, 0.2) is 23.3 Å². The Morgan fingerprint density at radius 1 is 1.14 bits per heavy atom. The lowest BCUT2D eigenvalue weighted by atomic mass is 10.1. The number of hydrogen-bond donors (Lipinski definition) is 1. The minimum Gasteiger partial charge on any atom is -0.328 e. The highest BCUT2D eigenvalue weighted by Crippen LogP contribution is 2.20. The average molecular weight is 207 g/mol. The van der Waals surface area contributed by atoms with Crippen molar-refractivity contribution in [2.75, 3.05) is 0 Å². The zero-order valence-electron chi connectivity index (χ0n) is 7.45. The Morgan fingerprint density at radius 2 is 1.57 bits per heavy atom. The van der Waals surface area contributed by atoms with Gasteiger partial charge < -0.3 is 5.73 Å². The van der Waals surface area contributed by atoms with Crippen molar-refractivity contribution in [3.05, 3.63) is 34.9 Å². The fourth-order valence-electron chi connectivity index (χ4n) is 1.12. The number of benzene rings is 1. The Bertz CT molecular complexity index is 323. The monoisotopic (exact) mass is 207 g/mol. The largest absolute Gasteiger partial charge is 0.328 e. The molecule has 0 aliphatic carbocycles. The summed E-state index contributed by atoms with van der Waals surface area (Å²) < 4.78 is 51.2. The molecule has 0 unspecified atom stereocenters. The minimum atomic E-state index is -1.40. The van der Waals surface area contributed by atoms with Gasteiger partial charge in [0.2, 0.25) is 0 Å². The first-order chi connectivity index (χ1) is 6.43. The highest BCUT2D eigenvalue weighted by atomic mass is 19.2. The van der Waals surface area contributed by atoms with Gasteiger partial charge in [-0.3, -0.25) is 0 Å². The summed E-state index contributed by atoms with van der Waals surface area (Å²) in [6, 6.07) is -0.393. The van der Waals surface area contributed by atoms with Crippen LogP contribution >= 0.6 is 0 Å². The van der Waals surface area contributed by atoms with E-state index in [0.717, 1.165) is 0 Å². The van der Waals surface area contributed by atoms with Crippen molar-refractivity contribution in [3.8, 4) is 0 Å². The molecule has 0 aliphatic heterocycles. The number of nitrogens with two attached hydrogens (primary N) is 1. The van der Waals surface area contributed by atoms with Crippen molar-refractivity contribution < 1.29 is 17.6 Å². The lowest BCUT2D eigenvalue weighted by Crippen LogP contribution is -2.20. The average Bonchev–Trinajstić information content (AvgIpc) is 2.09. The van der Waals surface area contributed by atoms with Gasteiger partial charge in [0.1, 0.15) is 0 Å². The molecule has 0 bridgehead atoms. The van der Waals surface area contributed by atoms with Crippen LogP contribution in [0.15, 0.2) is 6.07 Å². The summed E-state index contributed by atoms with van der Waals surface area (Å²) in [5, 5.41) is 0. The van der Waals surface area contributed by atoms with Crippen LogP contribution in [0.5, 0.6) is 0 Å². The van der Waals surface area contributed by atoms with Gasteiger partial charge in [-0.25, -0.2) is 17.6 Å². The standard InChI is InChI=1S/C9H9F4N/c1-4(14)2-5-8(12)6(10)3-7(11)9(5)13/h3-4H,2,14H2,1H3/t4-/m1/s1. The summed E-state index contributed by atoms with van der Waals surface area (Å²) in [5.74, 6) is -5.55. The minimum absolute atomic E-state index is 0.176. The summed E-state index contributed by atoms with van der Waals surface area (Å²) in [6.07, 6.45) is -0.244. The second-order valence-corrected chi connectivity index (χ2v) is 3.13. The molecule has 0 heterocycles. The van der Waals surface area contributed by atoms with Gasteiger partial charge in [-0.1, -0.05) is 0 Å². The first-order valence-electron chi connectivity index (χ1n) is 4.01. The molecule has 1 aromatic carbocycles. The molecule has 5 heteroatoms. The van der Waals surface area contributed by atoms with E-state index in [2.05, 4.69) is 0 Å². The zero-order valence-corrected chi connectivity index (χ0v) is 7.45. The third-order valence-electron chi connectivity index (χ3n) is 1.73. The molecule has 0 spiro atoms. The van der Waals surface area contributed by atoms with Crippen LogP contribution in [0, 0.1) is 23.3 Å². The molecule has 0 fully saturated rings. The van der Waals surface area contributed by atoms with Gasteiger partial charge in [-0.15, -0.1) is 0 Å². The summed E-state index contributed by atoms with van der Waals surface area (Å²) in [7, 11) is 0. The fraction of sp³-hybridized carbons (Fsp3) is 0.333. The SMILES string of the molecule is C[C@@H](N)Cc1c(F)c(F)cc(F)c1F. The van der Waals surface area contributed by atoms with Gasteiger partial charge in [-0.05, 0) is 13.3 Å². The molecule has 1 rings (SSSR count). The smallest absolute Gasteiger partial charge is 0.165 e.